The maximum Gasteiger partial charge on any atom is 0.247 e. The van der Waals surface area contributed by atoms with Gasteiger partial charge in [-0.3, -0.25) is 14.5 Å². The number of likely N-dealkylation sites (tertiary alicyclic amines) is 1. The van der Waals surface area contributed by atoms with Crippen LogP contribution in [-0.2, 0) is 9.59 Å². The Bertz CT molecular complexity index is 636. The first-order valence-electron chi connectivity index (χ1n) is 9.57. The first-order chi connectivity index (χ1) is 12.2. The number of rotatable bonds is 5. The summed E-state index contributed by atoms with van der Waals surface area (Å²) in [5, 5.41) is 3.21. The molecule has 1 aromatic carbocycles. The smallest absolute Gasteiger partial charge is 0.247 e. The Kier molecular flexibility index (Phi) is 4.50. The van der Waals surface area contributed by atoms with E-state index in [2.05, 4.69) is 10.2 Å². The zero-order chi connectivity index (χ0) is 17.3. The Morgan fingerprint density at radius 3 is 2.44 bits per heavy atom. The van der Waals surface area contributed by atoms with E-state index in [0.29, 0.717) is 19.5 Å². The van der Waals surface area contributed by atoms with Crippen LogP contribution in [0.1, 0.15) is 50.1 Å². The third kappa shape index (κ3) is 3.06. The number of amides is 2. The summed E-state index contributed by atoms with van der Waals surface area (Å²) in [5.41, 5.74) is 1.06. The summed E-state index contributed by atoms with van der Waals surface area (Å²) in [4.78, 5) is 29.7. The van der Waals surface area contributed by atoms with E-state index in [1.807, 2.05) is 30.3 Å². The lowest BCUT2D eigenvalue weighted by Gasteiger charge is -2.34. The van der Waals surface area contributed by atoms with Gasteiger partial charge in [0.05, 0.1) is 0 Å². The molecule has 4 rings (SSSR count). The van der Waals surface area contributed by atoms with Crippen molar-refractivity contribution in [3.05, 3.63) is 35.9 Å². The van der Waals surface area contributed by atoms with Gasteiger partial charge in [0, 0.05) is 25.0 Å². The molecule has 25 heavy (non-hydrogen) atoms. The normalized spacial score (nSPS) is 23.7. The van der Waals surface area contributed by atoms with E-state index in [4.69, 9.17) is 0 Å². The van der Waals surface area contributed by atoms with Gasteiger partial charge in [0.1, 0.15) is 6.04 Å². The van der Waals surface area contributed by atoms with Crippen LogP contribution in [0.25, 0.3) is 0 Å². The lowest BCUT2D eigenvalue weighted by Crippen LogP contribution is -2.50. The highest BCUT2D eigenvalue weighted by atomic mass is 16.2. The average Bonchev–Trinajstić information content (AvgIpc) is 3.31. The number of hydrogen-bond acceptors (Lipinski definition) is 3. The zero-order valence-corrected chi connectivity index (χ0v) is 14.7. The molecule has 3 saturated heterocycles. The molecule has 1 unspecified atom stereocenters. The average molecular weight is 341 g/mol. The second-order valence-electron chi connectivity index (χ2n) is 7.64. The van der Waals surface area contributed by atoms with Crippen molar-refractivity contribution in [2.75, 3.05) is 26.2 Å². The van der Waals surface area contributed by atoms with Crippen LogP contribution in [0.4, 0.5) is 0 Å². The Hall–Kier alpha value is -1.88. The van der Waals surface area contributed by atoms with Gasteiger partial charge in [-0.1, -0.05) is 30.3 Å². The molecule has 0 saturated carbocycles. The lowest BCUT2D eigenvalue weighted by atomic mass is 9.93. The number of nitrogens with zero attached hydrogens (tertiary/aromatic N) is 2. The van der Waals surface area contributed by atoms with Crippen molar-refractivity contribution in [2.45, 2.75) is 50.1 Å². The van der Waals surface area contributed by atoms with Crippen molar-refractivity contribution in [2.24, 2.45) is 0 Å². The summed E-state index contributed by atoms with van der Waals surface area (Å²) in [7, 11) is 0. The van der Waals surface area contributed by atoms with Gasteiger partial charge in [0.15, 0.2) is 0 Å². The lowest BCUT2D eigenvalue weighted by molar-refractivity contribution is -0.138. The number of carbonyl (C=O) groups is 2. The highest BCUT2D eigenvalue weighted by Crippen LogP contribution is 2.38. The summed E-state index contributed by atoms with van der Waals surface area (Å²) in [6.45, 7) is 3.69. The number of fused-ring (bicyclic) bond motifs is 1. The second-order valence-corrected chi connectivity index (χ2v) is 7.64. The number of carbonyl (C=O) groups excluding carboxylic acids is 2. The molecule has 1 N–H and O–H groups in total. The van der Waals surface area contributed by atoms with Crippen LogP contribution < -0.4 is 5.32 Å². The molecule has 5 heteroatoms. The van der Waals surface area contributed by atoms with Crippen LogP contribution in [0, 0.1) is 0 Å². The zero-order valence-electron chi connectivity index (χ0n) is 14.7. The largest absolute Gasteiger partial charge is 0.352 e. The maximum atomic E-state index is 13.1. The van der Waals surface area contributed by atoms with E-state index in [0.717, 1.165) is 25.1 Å². The molecular weight excluding hydrogens is 314 g/mol. The molecule has 0 aromatic heterocycles. The molecule has 5 nitrogen and oxygen atoms in total. The van der Waals surface area contributed by atoms with Crippen LogP contribution in [0.2, 0.25) is 0 Å². The first-order valence-corrected chi connectivity index (χ1v) is 9.57. The third-order valence-electron chi connectivity index (χ3n) is 6.19. The molecule has 0 bridgehead atoms. The molecule has 134 valence electrons. The summed E-state index contributed by atoms with van der Waals surface area (Å²) < 4.78 is 0. The van der Waals surface area contributed by atoms with Gasteiger partial charge in [-0.05, 0) is 50.8 Å². The van der Waals surface area contributed by atoms with E-state index in [-0.39, 0.29) is 17.4 Å². The van der Waals surface area contributed by atoms with Gasteiger partial charge in [0.25, 0.3) is 0 Å². The fourth-order valence-corrected chi connectivity index (χ4v) is 4.91. The molecule has 3 heterocycles. The molecule has 0 aliphatic carbocycles. The summed E-state index contributed by atoms with van der Waals surface area (Å²) >= 11 is 0. The minimum absolute atomic E-state index is 0.0328. The van der Waals surface area contributed by atoms with E-state index < -0.39 is 6.04 Å². The van der Waals surface area contributed by atoms with Crippen LogP contribution in [0.5, 0.6) is 0 Å². The van der Waals surface area contributed by atoms with Gasteiger partial charge in [-0.25, -0.2) is 0 Å². The summed E-state index contributed by atoms with van der Waals surface area (Å²) in [5.74, 6) is 0.0556. The molecule has 3 aliphatic rings. The molecule has 0 spiro atoms. The maximum absolute atomic E-state index is 13.1. The predicted molar refractivity (Wildman–Crippen MR) is 95.9 cm³/mol. The highest BCUT2D eigenvalue weighted by molar-refractivity contribution is 5.89. The molecule has 3 aliphatic heterocycles. The van der Waals surface area contributed by atoms with E-state index >= 15 is 0 Å². The van der Waals surface area contributed by atoms with Crippen LogP contribution in [0.3, 0.4) is 0 Å². The number of hydrogen-bond donors (Lipinski definition) is 1. The van der Waals surface area contributed by atoms with Crippen LogP contribution >= 0.6 is 0 Å². The SMILES string of the molecule is O=C(NCC12CCCN1CCC2)C(c1ccccc1)N1CCCC1=O. The second kappa shape index (κ2) is 6.79. The van der Waals surface area contributed by atoms with E-state index in [1.165, 1.54) is 25.7 Å². The third-order valence-corrected chi connectivity index (χ3v) is 6.19. The van der Waals surface area contributed by atoms with Gasteiger partial charge < -0.3 is 10.2 Å². The van der Waals surface area contributed by atoms with Crippen LogP contribution in [0.15, 0.2) is 30.3 Å². The van der Waals surface area contributed by atoms with E-state index in [9.17, 15) is 9.59 Å². The fraction of sp³-hybridized carbons (Fsp3) is 0.600. The Labute approximate surface area is 149 Å². The first kappa shape index (κ1) is 16.6. The minimum Gasteiger partial charge on any atom is -0.352 e. The Morgan fingerprint density at radius 1 is 1.08 bits per heavy atom. The van der Waals surface area contributed by atoms with Crippen molar-refractivity contribution in [1.29, 1.82) is 0 Å². The van der Waals surface area contributed by atoms with Crippen molar-refractivity contribution >= 4 is 11.8 Å². The molecule has 3 fully saturated rings. The Morgan fingerprint density at radius 2 is 1.80 bits per heavy atom. The van der Waals surface area contributed by atoms with Gasteiger partial charge in [-0.15, -0.1) is 0 Å². The van der Waals surface area contributed by atoms with Crippen LogP contribution in [-0.4, -0.2) is 53.3 Å². The quantitative estimate of drug-likeness (QED) is 0.892. The van der Waals surface area contributed by atoms with Crippen molar-refractivity contribution in [3.8, 4) is 0 Å². The van der Waals surface area contributed by atoms with Crippen molar-refractivity contribution in [1.82, 2.24) is 15.1 Å². The van der Waals surface area contributed by atoms with Gasteiger partial charge >= 0.3 is 0 Å². The monoisotopic (exact) mass is 341 g/mol. The molecule has 1 atom stereocenters. The van der Waals surface area contributed by atoms with Gasteiger partial charge in [-0.2, -0.15) is 0 Å². The minimum atomic E-state index is -0.496. The molecule has 1 aromatic rings. The summed E-state index contributed by atoms with van der Waals surface area (Å²) in [6.07, 6.45) is 6.19. The topological polar surface area (TPSA) is 52.7 Å². The predicted octanol–water partition coefficient (Wildman–Crippen LogP) is 2.09. The van der Waals surface area contributed by atoms with Crippen molar-refractivity contribution < 1.29 is 9.59 Å². The van der Waals surface area contributed by atoms with E-state index in [1.54, 1.807) is 4.90 Å². The fourth-order valence-electron chi connectivity index (χ4n) is 4.91. The number of nitrogens with one attached hydrogen (secondary N) is 1. The Balaban J connectivity index is 1.51. The molecule has 0 radical (unpaired) electrons. The highest BCUT2D eigenvalue weighted by Gasteiger charge is 2.44. The van der Waals surface area contributed by atoms with Gasteiger partial charge in [0.2, 0.25) is 11.8 Å². The summed E-state index contributed by atoms with van der Waals surface area (Å²) in [6, 6.07) is 9.22. The number of benzene rings is 1. The molecule has 2 amide bonds. The standard InChI is InChI=1S/C20H27N3O2/c24-17-9-4-14-23(17)18(16-7-2-1-3-8-16)19(25)21-15-20-10-5-12-22(20)13-6-11-20/h1-3,7-8,18H,4-6,9-15H2,(H,21,25). The van der Waals surface area contributed by atoms with Crippen molar-refractivity contribution in [3.63, 3.8) is 0 Å². The molecular formula is C20H27N3O2.